The molecule has 0 saturated heterocycles. The van der Waals surface area contributed by atoms with E-state index in [-0.39, 0.29) is 5.91 Å². The zero-order chi connectivity index (χ0) is 20.2. The normalized spacial score (nSPS) is 12.5. The van der Waals surface area contributed by atoms with Gasteiger partial charge < -0.3 is 5.32 Å². The molecule has 1 atom stereocenters. The Morgan fingerprint density at radius 2 is 1.70 bits per heavy atom. The molecule has 2 aromatic rings. The molecule has 27 heavy (non-hydrogen) atoms. The number of amides is 1. The minimum Gasteiger partial charge on any atom is -0.354 e. The fourth-order valence-electron chi connectivity index (χ4n) is 2.73. The zero-order valence-electron chi connectivity index (χ0n) is 15.4. The van der Waals surface area contributed by atoms with Gasteiger partial charge in [0.2, 0.25) is 15.9 Å². The van der Waals surface area contributed by atoms with Crippen molar-refractivity contribution in [3.05, 3.63) is 63.6 Å². The van der Waals surface area contributed by atoms with E-state index in [9.17, 15) is 13.2 Å². The summed E-state index contributed by atoms with van der Waals surface area (Å²) in [5, 5.41) is 3.84. The van der Waals surface area contributed by atoms with Gasteiger partial charge in [-0.3, -0.25) is 9.10 Å². The lowest BCUT2D eigenvalue weighted by atomic mass is 10.1. The average molecular weight is 429 g/mol. The van der Waals surface area contributed by atoms with Crippen LogP contribution in [0.4, 0.5) is 5.69 Å². The van der Waals surface area contributed by atoms with Crippen molar-refractivity contribution >= 4 is 44.8 Å². The third-order valence-electron chi connectivity index (χ3n) is 4.12. The summed E-state index contributed by atoms with van der Waals surface area (Å²) in [6.07, 6.45) is 1.69. The standard InChI is InChI=1S/C19H22Cl2N2O3S/c1-13-4-7-17(21)12-18(13)23(27(3,25)26)14(2)19(24)22-11-10-15-5-8-16(20)9-6-15/h4-9,12,14H,10-11H2,1-3H3,(H,22,24)/t14-/m0/s1. The third kappa shape index (κ3) is 5.86. The highest BCUT2D eigenvalue weighted by Crippen LogP contribution is 2.28. The molecule has 0 aliphatic carbocycles. The molecule has 0 unspecified atom stereocenters. The van der Waals surface area contributed by atoms with Crippen LogP contribution in [0.2, 0.25) is 10.0 Å². The highest BCUT2D eigenvalue weighted by atomic mass is 35.5. The minimum absolute atomic E-state index is 0.381. The molecule has 0 aromatic heterocycles. The van der Waals surface area contributed by atoms with Gasteiger partial charge in [0.1, 0.15) is 6.04 Å². The van der Waals surface area contributed by atoms with Crippen molar-refractivity contribution in [3.63, 3.8) is 0 Å². The first-order valence-electron chi connectivity index (χ1n) is 8.37. The summed E-state index contributed by atoms with van der Waals surface area (Å²) in [4.78, 5) is 12.6. The Bertz CT molecular complexity index is 915. The molecular weight excluding hydrogens is 407 g/mol. The molecule has 2 aromatic carbocycles. The number of nitrogens with one attached hydrogen (secondary N) is 1. The van der Waals surface area contributed by atoms with E-state index in [0.717, 1.165) is 16.1 Å². The van der Waals surface area contributed by atoms with Crippen molar-refractivity contribution < 1.29 is 13.2 Å². The number of anilines is 1. The maximum atomic E-state index is 12.6. The number of aryl methyl sites for hydroxylation is 1. The maximum absolute atomic E-state index is 12.6. The monoisotopic (exact) mass is 428 g/mol. The number of halogens is 2. The Kier molecular flexibility index (Phi) is 7.14. The second-order valence-corrected chi connectivity index (χ2v) is 9.07. The molecule has 0 aliphatic heterocycles. The number of sulfonamides is 1. The van der Waals surface area contributed by atoms with Gasteiger partial charge in [0.15, 0.2) is 0 Å². The topological polar surface area (TPSA) is 66.5 Å². The van der Waals surface area contributed by atoms with Gasteiger partial charge in [0.25, 0.3) is 0 Å². The molecule has 0 saturated carbocycles. The molecule has 8 heteroatoms. The van der Waals surface area contributed by atoms with Gasteiger partial charge in [0, 0.05) is 16.6 Å². The van der Waals surface area contributed by atoms with Gasteiger partial charge in [-0.1, -0.05) is 41.4 Å². The van der Waals surface area contributed by atoms with E-state index in [1.807, 2.05) is 12.1 Å². The van der Waals surface area contributed by atoms with Crippen molar-refractivity contribution in [2.24, 2.45) is 0 Å². The summed E-state index contributed by atoms with van der Waals surface area (Å²) in [6.45, 7) is 3.71. The first-order valence-corrected chi connectivity index (χ1v) is 11.0. The van der Waals surface area contributed by atoms with Crippen LogP contribution in [0.15, 0.2) is 42.5 Å². The number of hydrogen-bond donors (Lipinski definition) is 1. The van der Waals surface area contributed by atoms with E-state index in [4.69, 9.17) is 23.2 Å². The predicted octanol–water partition coefficient (Wildman–Crippen LogP) is 3.82. The summed E-state index contributed by atoms with van der Waals surface area (Å²) in [5.74, 6) is -0.381. The Labute approximate surface area is 170 Å². The largest absolute Gasteiger partial charge is 0.354 e. The molecule has 1 amide bonds. The van der Waals surface area contributed by atoms with Crippen LogP contribution in [0, 0.1) is 6.92 Å². The lowest BCUT2D eigenvalue weighted by Crippen LogP contribution is -2.48. The molecule has 0 aliphatic rings. The zero-order valence-corrected chi connectivity index (χ0v) is 17.7. The van der Waals surface area contributed by atoms with Crippen molar-refractivity contribution in [3.8, 4) is 0 Å². The molecule has 0 radical (unpaired) electrons. The fraction of sp³-hybridized carbons (Fsp3) is 0.316. The van der Waals surface area contributed by atoms with E-state index in [0.29, 0.717) is 34.3 Å². The van der Waals surface area contributed by atoms with Crippen LogP contribution in [0.5, 0.6) is 0 Å². The molecular formula is C19H22Cl2N2O3S. The molecule has 0 spiro atoms. The highest BCUT2D eigenvalue weighted by Gasteiger charge is 2.30. The summed E-state index contributed by atoms with van der Waals surface area (Å²) >= 11 is 11.9. The van der Waals surface area contributed by atoms with Crippen LogP contribution in [0.3, 0.4) is 0 Å². The summed E-state index contributed by atoms with van der Waals surface area (Å²) < 4.78 is 25.8. The highest BCUT2D eigenvalue weighted by molar-refractivity contribution is 7.92. The molecule has 5 nitrogen and oxygen atoms in total. The number of nitrogens with zero attached hydrogens (tertiary/aromatic N) is 1. The van der Waals surface area contributed by atoms with E-state index in [2.05, 4.69) is 5.32 Å². The van der Waals surface area contributed by atoms with E-state index in [1.165, 1.54) is 0 Å². The summed E-state index contributed by atoms with van der Waals surface area (Å²) in [6, 6.07) is 11.4. The van der Waals surface area contributed by atoms with Gasteiger partial charge in [-0.15, -0.1) is 0 Å². The van der Waals surface area contributed by atoms with Crippen LogP contribution in [-0.4, -0.2) is 33.2 Å². The summed E-state index contributed by atoms with van der Waals surface area (Å²) in [7, 11) is -3.68. The Morgan fingerprint density at radius 3 is 2.30 bits per heavy atom. The lowest BCUT2D eigenvalue weighted by Gasteiger charge is -2.29. The SMILES string of the molecule is Cc1ccc(Cl)cc1N([C@@H](C)C(=O)NCCc1ccc(Cl)cc1)S(C)(=O)=O. The van der Waals surface area contributed by atoms with Crippen molar-refractivity contribution in [2.75, 3.05) is 17.1 Å². The van der Waals surface area contributed by atoms with Crippen molar-refractivity contribution in [1.29, 1.82) is 0 Å². The van der Waals surface area contributed by atoms with Crippen LogP contribution in [0.25, 0.3) is 0 Å². The Morgan fingerprint density at radius 1 is 1.11 bits per heavy atom. The number of benzene rings is 2. The quantitative estimate of drug-likeness (QED) is 0.728. The first-order chi connectivity index (χ1) is 12.6. The number of carbonyl (C=O) groups excluding carboxylic acids is 1. The smallest absolute Gasteiger partial charge is 0.243 e. The second-order valence-electron chi connectivity index (χ2n) is 6.33. The Balaban J connectivity index is 2.13. The van der Waals surface area contributed by atoms with Gasteiger partial charge in [-0.05, 0) is 55.7 Å². The molecule has 146 valence electrons. The number of hydrogen-bond acceptors (Lipinski definition) is 3. The van der Waals surface area contributed by atoms with Crippen LogP contribution >= 0.6 is 23.2 Å². The average Bonchev–Trinajstić information content (AvgIpc) is 2.58. The van der Waals surface area contributed by atoms with Gasteiger partial charge in [-0.2, -0.15) is 0 Å². The van der Waals surface area contributed by atoms with Gasteiger partial charge in [-0.25, -0.2) is 8.42 Å². The maximum Gasteiger partial charge on any atom is 0.243 e. The van der Waals surface area contributed by atoms with E-state index < -0.39 is 16.1 Å². The molecule has 0 bridgehead atoms. The molecule has 0 fully saturated rings. The molecule has 0 heterocycles. The minimum atomic E-state index is -3.68. The number of carbonyl (C=O) groups is 1. The van der Waals surface area contributed by atoms with Crippen LogP contribution in [0.1, 0.15) is 18.1 Å². The second kappa shape index (κ2) is 8.95. The fourth-order valence-corrected chi connectivity index (χ4v) is 4.25. The molecule has 2 rings (SSSR count). The van der Waals surface area contributed by atoms with Crippen LogP contribution in [-0.2, 0) is 21.2 Å². The number of rotatable bonds is 7. The van der Waals surface area contributed by atoms with Crippen LogP contribution < -0.4 is 9.62 Å². The third-order valence-corrected chi connectivity index (χ3v) is 5.84. The van der Waals surface area contributed by atoms with Crippen molar-refractivity contribution in [2.45, 2.75) is 26.3 Å². The van der Waals surface area contributed by atoms with Crippen molar-refractivity contribution in [1.82, 2.24) is 5.32 Å². The molecule has 1 N–H and O–H groups in total. The predicted molar refractivity (Wildman–Crippen MR) is 111 cm³/mol. The first kappa shape index (κ1) is 21.5. The Hall–Kier alpha value is -1.76. The van der Waals surface area contributed by atoms with E-state index in [1.54, 1.807) is 44.2 Å². The van der Waals surface area contributed by atoms with E-state index >= 15 is 0 Å². The van der Waals surface area contributed by atoms with Gasteiger partial charge in [0.05, 0.1) is 11.9 Å². The summed E-state index contributed by atoms with van der Waals surface area (Å²) in [5.41, 5.74) is 2.13. The lowest BCUT2D eigenvalue weighted by molar-refractivity contribution is -0.121. The van der Waals surface area contributed by atoms with Gasteiger partial charge >= 0.3 is 0 Å².